The zero-order valence-corrected chi connectivity index (χ0v) is 7.83. The Hall–Kier alpha value is -1.71. The molecule has 72 valence electrons. The minimum absolute atomic E-state index is 0.308. The van der Waals surface area contributed by atoms with Gasteiger partial charge in [-0.3, -0.25) is 0 Å². The van der Waals surface area contributed by atoms with Gasteiger partial charge in [-0.15, -0.1) is 0 Å². The lowest BCUT2D eigenvalue weighted by atomic mass is 10.3. The van der Waals surface area contributed by atoms with Gasteiger partial charge >= 0.3 is 0 Å². The van der Waals surface area contributed by atoms with Crippen LogP contribution >= 0.6 is 0 Å². The summed E-state index contributed by atoms with van der Waals surface area (Å²) in [6.07, 6.45) is 0.904. The average Bonchev–Trinajstić information content (AvgIpc) is 2.77. The summed E-state index contributed by atoms with van der Waals surface area (Å²) >= 11 is 0. The molecule has 1 aromatic carbocycles. The normalized spacial score (nSPS) is 13.8. The summed E-state index contributed by atoms with van der Waals surface area (Å²) in [6.45, 7) is 2.38. The van der Waals surface area contributed by atoms with E-state index in [0.29, 0.717) is 6.79 Å². The van der Waals surface area contributed by atoms with Crippen LogP contribution in [-0.2, 0) is 6.42 Å². The second kappa shape index (κ2) is 2.64. The number of ether oxygens (including phenoxy) is 2. The molecule has 0 saturated carbocycles. The fourth-order valence-corrected chi connectivity index (χ4v) is 1.62. The minimum atomic E-state index is 0.308. The fraction of sp³-hybridized carbons (Fsp3) is 0.300. The zero-order chi connectivity index (χ0) is 9.54. The number of hydrogen-bond donors (Lipinski definition) is 1. The Kier molecular flexibility index (Phi) is 1.45. The van der Waals surface area contributed by atoms with Crippen LogP contribution in [0.25, 0.3) is 11.0 Å². The smallest absolute Gasteiger partial charge is 0.231 e. The number of fused-ring (bicyclic) bond motifs is 2. The number of aryl methyl sites for hydroxylation is 1. The van der Waals surface area contributed by atoms with Gasteiger partial charge in [-0.1, -0.05) is 6.92 Å². The summed E-state index contributed by atoms with van der Waals surface area (Å²) < 4.78 is 10.6. The van der Waals surface area contributed by atoms with E-state index in [1.807, 2.05) is 12.1 Å². The van der Waals surface area contributed by atoms with Crippen LogP contribution in [0.1, 0.15) is 12.7 Å². The van der Waals surface area contributed by atoms with E-state index < -0.39 is 0 Å². The van der Waals surface area contributed by atoms with Crippen LogP contribution in [0, 0.1) is 0 Å². The number of aromatic nitrogens is 2. The Morgan fingerprint density at radius 1 is 1.36 bits per heavy atom. The maximum Gasteiger partial charge on any atom is 0.231 e. The lowest BCUT2D eigenvalue weighted by Gasteiger charge is -1.93. The Morgan fingerprint density at radius 3 is 2.93 bits per heavy atom. The van der Waals surface area contributed by atoms with Gasteiger partial charge in [0.15, 0.2) is 11.5 Å². The van der Waals surface area contributed by atoms with Gasteiger partial charge in [0.05, 0.1) is 11.0 Å². The van der Waals surface area contributed by atoms with E-state index in [1.54, 1.807) is 0 Å². The third-order valence-corrected chi connectivity index (χ3v) is 2.36. The molecule has 3 rings (SSSR count). The second-order valence-electron chi connectivity index (χ2n) is 3.26. The first kappa shape index (κ1) is 7.67. The van der Waals surface area contributed by atoms with Gasteiger partial charge in [0, 0.05) is 18.6 Å². The molecular weight excluding hydrogens is 180 g/mol. The molecular formula is C10H10N2O2. The van der Waals surface area contributed by atoms with E-state index in [4.69, 9.17) is 9.47 Å². The summed E-state index contributed by atoms with van der Waals surface area (Å²) in [4.78, 5) is 7.65. The molecule has 0 aliphatic carbocycles. The lowest BCUT2D eigenvalue weighted by Crippen LogP contribution is -1.92. The van der Waals surface area contributed by atoms with Gasteiger partial charge in [-0.25, -0.2) is 4.98 Å². The molecule has 0 amide bonds. The molecule has 0 bridgehead atoms. The molecule has 0 fully saturated rings. The van der Waals surface area contributed by atoms with Crippen molar-refractivity contribution in [3.63, 3.8) is 0 Å². The van der Waals surface area contributed by atoms with Crippen molar-refractivity contribution >= 4 is 11.0 Å². The van der Waals surface area contributed by atoms with Gasteiger partial charge in [0.2, 0.25) is 6.79 Å². The molecule has 2 heterocycles. The Labute approximate surface area is 80.9 Å². The molecule has 14 heavy (non-hydrogen) atoms. The maximum atomic E-state index is 5.28. The molecule has 1 aliphatic heterocycles. The Morgan fingerprint density at radius 2 is 2.14 bits per heavy atom. The van der Waals surface area contributed by atoms with Gasteiger partial charge in [0.25, 0.3) is 0 Å². The first-order valence-electron chi connectivity index (χ1n) is 4.65. The van der Waals surface area contributed by atoms with Crippen molar-refractivity contribution in [2.75, 3.05) is 6.79 Å². The number of rotatable bonds is 1. The molecule has 0 radical (unpaired) electrons. The standard InChI is InChI=1S/C10H10N2O2/c1-2-10-11-6-3-8-9(14-5-13-8)4-7(6)12-10/h3-4H,2,5H2,1H3,(H,11,12). The van der Waals surface area contributed by atoms with Gasteiger partial charge in [0.1, 0.15) is 5.82 Å². The average molecular weight is 190 g/mol. The number of nitrogens with one attached hydrogen (secondary N) is 1. The van der Waals surface area contributed by atoms with E-state index in [-0.39, 0.29) is 0 Å². The summed E-state index contributed by atoms with van der Waals surface area (Å²) in [5, 5.41) is 0. The quantitative estimate of drug-likeness (QED) is 0.746. The summed E-state index contributed by atoms with van der Waals surface area (Å²) in [7, 11) is 0. The summed E-state index contributed by atoms with van der Waals surface area (Å²) in [6, 6.07) is 3.84. The summed E-state index contributed by atoms with van der Waals surface area (Å²) in [5.41, 5.74) is 1.94. The largest absolute Gasteiger partial charge is 0.454 e. The zero-order valence-electron chi connectivity index (χ0n) is 7.83. The molecule has 0 unspecified atom stereocenters. The van der Waals surface area contributed by atoms with Crippen molar-refractivity contribution in [2.45, 2.75) is 13.3 Å². The van der Waals surface area contributed by atoms with Crippen LogP contribution in [0.3, 0.4) is 0 Å². The van der Waals surface area contributed by atoms with Crippen LogP contribution in [0.2, 0.25) is 0 Å². The highest BCUT2D eigenvalue weighted by molar-refractivity contribution is 5.80. The van der Waals surface area contributed by atoms with Crippen LogP contribution in [0.15, 0.2) is 12.1 Å². The van der Waals surface area contributed by atoms with E-state index in [1.165, 1.54) is 0 Å². The van der Waals surface area contributed by atoms with Crippen molar-refractivity contribution in [1.29, 1.82) is 0 Å². The highest BCUT2D eigenvalue weighted by atomic mass is 16.7. The van der Waals surface area contributed by atoms with Gasteiger partial charge < -0.3 is 14.5 Å². The van der Waals surface area contributed by atoms with Crippen molar-refractivity contribution < 1.29 is 9.47 Å². The molecule has 1 N–H and O–H groups in total. The Bertz CT molecular complexity index is 449. The number of aromatic amines is 1. The van der Waals surface area contributed by atoms with E-state index >= 15 is 0 Å². The fourth-order valence-electron chi connectivity index (χ4n) is 1.62. The van der Waals surface area contributed by atoms with Crippen molar-refractivity contribution in [3.05, 3.63) is 18.0 Å². The molecule has 0 saturated heterocycles. The highest BCUT2D eigenvalue weighted by Gasteiger charge is 2.15. The van der Waals surface area contributed by atoms with Crippen LogP contribution in [-0.4, -0.2) is 16.8 Å². The van der Waals surface area contributed by atoms with Crippen LogP contribution in [0.5, 0.6) is 11.5 Å². The molecule has 4 nitrogen and oxygen atoms in total. The van der Waals surface area contributed by atoms with Crippen LogP contribution in [0.4, 0.5) is 0 Å². The topological polar surface area (TPSA) is 47.1 Å². The van der Waals surface area contributed by atoms with Crippen molar-refractivity contribution in [3.8, 4) is 11.5 Å². The minimum Gasteiger partial charge on any atom is -0.454 e. The molecule has 2 aromatic rings. The molecule has 1 aliphatic rings. The number of nitrogens with zero attached hydrogens (tertiary/aromatic N) is 1. The van der Waals surface area contributed by atoms with Crippen molar-refractivity contribution in [1.82, 2.24) is 9.97 Å². The van der Waals surface area contributed by atoms with Gasteiger partial charge in [-0.05, 0) is 0 Å². The molecule has 0 atom stereocenters. The van der Waals surface area contributed by atoms with Crippen LogP contribution < -0.4 is 9.47 Å². The predicted octanol–water partition coefficient (Wildman–Crippen LogP) is 1.85. The van der Waals surface area contributed by atoms with Crippen molar-refractivity contribution in [2.24, 2.45) is 0 Å². The van der Waals surface area contributed by atoms with E-state index in [2.05, 4.69) is 16.9 Å². The monoisotopic (exact) mass is 190 g/mol. The predicted molar refractivity (Wildman–Crippen MR) is 51.6 cm³/mol. The van der Waals surface area contributed by atoms with Gasteiger partial charge in [-0.2, -0.15) is 0 Å². The van der Waals surface area contributed by atoms with E-state index in [0.717, 1.165) is 34.8 Å². The number of H-pyrrole nitrogens is 1. The maximum absolute atomic E-state index is 5.28. The third kappa shape index (κ3) is 0.968. The molecule has 4 heteroatoms. The first-order valence-corrected chi connectivity index (χ1v) is 4.65. The SMILES string of the molecule is CCc1nc2cc3c(cc2[nH]1)OCO3. The number of benzene rings is 1. The summed E-state index contributed by atoms with van der Waals surface area (Å²) in [5.74, 6) is 2.57. The Balaban J connectivity index is 2.25. The molecule has 0 spiro atoms. The third-order valence-electron chi connectivity index (χ3n) is 2.36. The number of hydrogen-bond acceptors (Lipinski definition) is 3. The van der Waals surface area contributed by atoms with E-state index in [9.17, 15) is 0 Å². The molecule has 1 aromatic heterocycles. The lowest BCUT2D eigenvalue weighted by molar-refractivity contribution is 0.174. The highest BCUT2D eigenvalue weighted by Crippen LogP contribution is 2.35. The first-order chi connectivity index (χ1) is 6.86. The second-order valence-corrected chi connectivity index (χ2v) is 3.26. The number of imidazole rings is 1.